The Bertz CT molecular complexity index is 985. The molecule has 0 radical (unpaired) electrons. The third-order valence-electron chi connectivity index (χ3n) is 4.18. The molecule has 0 saturated heterocycles. The van der Waals surface area contributed by atoms with Crippen LogP contribution in [0.1, 0.15) is 35.8 Å². The fraction of sp³-hybridized carbons (Fsp3) is 0.190. The molecule has 3 rings (SSSR count). The van der Waals surface area contributed by atoms with Gasteiger partial charge in [0, 0.05) is 35.6 Å². The maximum absolute atomic E-state index is 12.6. The average Bonchev–Trinajstić information content (AvgIpc) is 3.14. The molecule has 7 heteroatoms. The Labute approximate surface area is 173 Å². The molecule has 0 spiro atoms. The van der Waals surface area contributed by atoms with E-state index in [4.69, 9.17) is 11.6 Å². The Morgan fingerprint density at radius 2 is 1.96 bits per heavy atom. The van der Waals surface area contributed by atoms with E-state index < -0.39 is 0 Å². The van der Waals surface area contributed by atoms with Crippen molar-refractivity contribution in [1.29, 1.82) is 0 Å². The molecule has 0 unspecified atom stereocenters. The van der Waals surface area contributed by atoms with Crippen molar-refractivity contribution < 1.29 is 9.59 Å². The Morgan fingerprint density at radius 1 is 1.21 bits per heavy atom. The predicted octanol–water partition coefficient (Wildman–Crippen LogP) is 4.70. The average molecular weight is 414 g/mol. The molecular weight excluding hydrogens is 394 g/mol. The van der Waals surface area contributed by atoms with Gasteiger partial charge in [0.05, 0.1) is 11.8 Å². The molecule has 0 bridgehead atoms. The van der Waals surface area contributed by atoms with Crippen LogP contribution in [0, 0.1) is 0 Å². The number of hydrogen-bond donors (Lipinski definition) is 1. The number of halogens is 1. The number of nitrogens with zero attached hydrogens (tertiary/aromatic N) is 2. The summed E-state index contributed by atoms with van der Waals surface area (Å²) in [6.07, 6.45) is 3.54. The molecule has 1 atom stereocenters. The number of imidazole rings is 1. The summed E-state index contributed by atoms with van der Waals surface area (Å²) >= 11 is 7.45. The van der Waals surface area contributed by atoms with E-state index in [1.165, 1.54) is 18.7 Å². The van der Waals surface area contributed by atoms with Gasteiger partial charge in [0.1, 0.15) is 0 Å². The van der Waals surface area contributed by atoms with Crippen molar-refractivity contribution >= 4 is 35.1 Å². The van der Waals surface area contributed by atoms with Crippen LogP contribution in [0.5, 0.6) is 0 Å². The van der Waals surface area contributed by atoms with E-state index in [-0.39, 0.29) is 23.5 Å². The summed E-state index contributed by atoms with van der Waals surface area (Å²) in [5.74, 6) is 0.210. The summed E-state index contributed by atoms with van der Waals surface area (Å²) in [6.45, 7) is 3.39. The maximum Gasteiger partial charge on any atom is 0.217 e. The van der Waals surface area contributed by atoms with Crippen LogP contribution >= 0.6 is 23.4 Å². The lowest BCUT2D eigenvalue weighted by Crippen LogP contribution is -2.23. The van der Waals surface area contributed by atoms with Crippen molar-refractivity contribution in [3.63, 3.8) is 0 Å². The molecule has 3 aromatic rings. The molecule has 0 saturated carbocycles. The number of aromatic nitrogens is 2. The number of amides is 1. The van der Waals surface area contributed by atoms with Crippen LogP contribution in [0.3, 0.4) is 0 Å². The Balaban J connectivity index is 1.65. The Morgan fingerprint density at radius 3 is 2.64 bits per heavy atom. The topological polar surface area (TPSA) is 64.0 Å². The zero-order valence-electron chi connectivity index (χ0n) is 15.6. The molecule has 0 aliphatic heterocycles. The smallest absolute Gasteiger partial charge is 0.217 e. The van der Waals surface area contributed by atoms with Crippen molar-refractivity contribution in [3.05, 3.63) is 77.1 Å². The highest BCUT2D eigenvalue weighted by Gasteiger charge is 2.12. The van der Waals surface area contributed by atoms with Gasteiger partial charge in [0.25, 0.3) is 0 Å². The van der Waals surface area contributed by atoms with Gasteiger partial charge in [-0.25, -0.2) is 4.98 Å². The lowest BCUT2D eigenvalue weighted by Gasteiger charge is -2.13. The number of nitrogens with one attached hydrogen (secondary N) is 1. The largest absolute Gasteiger partial charge is 0.350 e. The molecule has 2 aromatic carbocycles. The molecule has 144 valence electrons. The molecule has 1 heterocycles. The lowest BCUT2D eigenvalue weighted by molar-refractivity contribution is -0.119. The molecule has 1 amide bonds. The van der Waals surface area contributed by atoms with Crippen LogP contribution in [0.25, 0.3) is 5.69 Å². The second-order valence-electron chi connectivity index (χ2n) is 6.32. The van der Waals surface area contributed by atoms with Crippen LogP contribution in [0.4, 0.5) is 0 Å². The monoisotopic (exact) mass is 413 g/mol. The molecule has 1 N–H and O–H groups in total. The van der Waals surface area contributed by atoms with Crippen LogP contribution in [-0.2, 0) is 4.79 Å². The van der Waals surface area contributed by atoms with E-state index in [1.54, 1.807) is 18.3 Å². The summed E-state index contributed by atoms with van der Waals surface area (Å²) in [7, 11) is 0. The molecule has 0 aliphatic rings. The van der Waals surface area contributed by atoms with E-state index in [2.05, 4.69) is 10.3 Å². The fourth-order valence-corrected chi connectivity index (χ4v) is 3.83. The third kappa shape index (κ3) is 5.03. The quantitative estimate of drug-likeness (QED) is 0.450. The normalized spacial score (nSPS) is 11.8. The fourth-order valence-electron chi connectivity index (χ4n) is 2.78. The molecule has 28 heavy (non-hydrogen) atoms. The zero-order chi connectivity index (χ0) is 20.1. The van der Waals surface area contributed by atoms with Crippen molar-refractivity contribution in [3.8, 4) is 5.69 Å². The molecule has 0 aliphatic carbocycles. The molecule has 0 fully saturated rings. The summed E-state index contributed by atoms with van der Waals surface area (Å²) < 4.78 is 1.90. The van der Waals surface area contributed by atoms with E-state index in [0.29, 0.717) is 10.6 Å². The second kappa shape index (κ2) is 9.08. The summed E-state index contributed by atoms with van der Waals surface area (Å²) in [6, 6.07) is 14.7. The van der Waals surface area contributed by atoms with E-state index >= 15 is 0 Å². The van der Waals surface area contributed by atoms with Crippen LogP contribution < -0.4 is 5.32 Å². The van der Waals surface area contributed by atoms with Crippen molar-refractivity contribution in [2.24, 2.45) is 0 Å². The first kappa shape index (κ1) is 20.2. The predicted molar refractivity (Wildman–Crippen MR) is 112 cm³/mol. The maximum atomic E-state index is 12.6. The van der Waals surface area contributed by atoms with Gasteiger partial charge in [0.15, 0.2) is 10.9 Å². The molecule has 1 aromatic heterocycles. The summed E-state index contributed by atoms with van der Waals surface area (Å²) in [5.41, 5.74) is 2.49. The van der Waals surface area contributed by atoms with Crippen molar-refractivity contribution in [2.75, 3.05) is 5.75 Å². The van der Waals surface area contributed by atoms with Crippen LogP contribution in [0.2, 0.25) is 5.02 Å². The molecule has 5 nitrogen and oxygen atoms in total. The van der Waals surface area contributed by atoms with Gasteiger partial charge in [-0.3, -0.25) is 14.2 Å². The first-order valence-corrected chi connectivity index (χ1v) is 10.1. The Kier molecular flexibility index (Phi) is 6.54. The SMILES string of the molecule is CC(=O)N[C@@H](C)c1ccc(C(=O)CSc2nccn2-c2cccc(Cl)c2)cc1. The van der Waals surface area contributed by atoms with Gasteiger partial charge in [0.2, 0.25) is 5.91 Å². The van der Waals surface area contributed by atoms with Gasteiger partial charge in [-0.2, -0.15) is 0 Å². The molecular formula is C21H20ClN3O2S. The third-order valence-corrected chi connectivity index (χ3v) is 5.38. The standard InChI is InChI=1S/C21H20ClN3O2S/c1-14(24-15(2)26)16-6-8-17(9-7-16)20(27)13-28-21-23-10-11-25(21)19-5-3-4-18(22)12-19/h3-12,14H,13H2,1-2H3,(H,24,26)/t14-/m0/s1. The van der Waals surface area contributed by atoms with Crippen LogP contribution in [-0.4, -0.2) is 27.0 Å². The first-order valence-electron chi connectivity index (χ1n) is 8.76. The minimum absolute atomic E-state index is 0.0179. The van der Waals surface area contributed by atoms with Gasteiger partial charge in [-0.05, 0) is 30.7 Å². The number of carbonyl (C=O) groups excluding carboxylic acids is 2. The highest BCUT2D eigenvalue weighted by Crippen LogP contribution is 2.23. The van der Waals surface area contributed by atoms with Crippen LogP contribution in [0.15, 0.2) is 66.1 Å². The highest BCUT2D eigenvalue weighted by atomic mass is 35.5. The number of carbonyl (C=O) groups is 2. The van der Waals surface area contributed by atoms with E-state index in [0.717, 1.165) is 16.4 Å². The second-order valence-corrected chi connectivity index (χ2v) is 7.69. The van der Waals surface area contributed by atoms with Gasteiger partial charge >= 0.3 is 0 Å². The number of rotatable bonds is 7. The number of thioether (sulfide) groups is 1. The number of ketones is 1. The Hall–Kier alpha value is -2.57. The van der Waals surface area contributed by atoms with E-state index in [9.17, 15) is 9.59 Å². The number of benzene rings is 2. The first-order chi connectivity index (χ1) is 13.4. The van der Waals surface area contributed by atoms with Gasteiger partial charge in [-0.15, -0.1) is 0 Å². The summed E-state index contributed by atoms with van der Waals surface area (Å²) in [4.78, 5) is 28.1. The minimum Gasteiger partial charge on any atom is -0.350 e. The summed E-state index contributed by atoms with van der Waals surface area (Å²) in [5, 5.41) is 4.20. The van der Waals surface area contributed by atoms with Crippen molar-refractivity contribution in [1.82, 2.24) is 14.9 Å². The van der Waals surface area contributed by atoms with Gasteiger partial charge in [-0.1, -0.05) is 53.7 Å². The number of Topliss-reactive ketones (excluding diaryl/α,β-unsaturated/α-hetero) is 1. The van der Waals surface area contributed by atoms with Gasteiger partial charge < -0.3 is 5.32 Å². The minimum atomic E-state index is -0.0961. The van der Waals surface area contributed by atoms with E-state index in [1.807, 2.05) is 54.1 Å². The highest BCUT2D eigenvalue weighted by molar-refractivity contribution is 7.99. The number of hydrogen-bond acceptors (Lipinski definition) is 4. The van der Waals surface area contributed by atoms with Crippen molar-refractivity contribution in [2.45, 2.75) is 25.0 Å². The zero-order valence-corrected chi connectivity index (χ0v) is 17.1. The lowest BCUT2D eigenvalue weighted by atomic mass is 10.0.